The highest BCUT2D eigenvalue weighted by atomic mass is 32.2. The Kier molecular flexibility index (Phi) is 8.28. The summed E-state index contributed by atoms with van der Waals surface area (Å²) in [6.45, 7) is 3.31. The summed E-state index contributed by atoms with van der Waals surface area (Å²) in [5.41, 5.74) is 4.78. The van der Waals surface area contributed by atoms with E-state index in [1.165, 1.54) is 40.2 Å². The number of nitrogens with zero attached hydrogens (tertiary/aromatic N) is 3. The third kappa shape index (κ3) is 5.24. The number of ether oxygens (including phenoxy) is 1. The van der Waals surface area contributed by atoms with Gasteiger partial charge in [0.2, 0.25) is 10.0 Å². The van der Waals surface area contributed by atoms with Crippen LogP contribution in [0.2, 0.25) is 0 Å². The van der Waals surface area contributed by atoms with Crippen molar-refractivity contribution in [3.63, 3.8) is 0 Å². The highest BCUT2D eigenvalue weighted by Crippen LogP contribution is 2.23. The Balaban J connectivity index is 1.98. The third-order valence-electron chi connectivity index (χ3n) is 5.79. The maximum atomic E-state index is 13.4. The molecule has 0 unspecified atom stereocenters. The fourth-order valence-electron chi connectivity index (χ4n) is 3.88. The quantitative estimate of drug-likeness (QED) is 0.502. The van der Waals surface area contributed by atoms with Crippen molar-refractivity contribution in [2.75, 3.05) is 44.0 Å². The number of nitrogen functional groups attached to an aromatic ring is 1. The largest absolute Gasteiger partial charge is 0.383 e. The molecule has 2 heterocycles. The molecule has 1 aliphatic rings. The predicted octanol–water partition coefficient (Wildman–Crippen LogP) is 0.997. The molecule has 2 aromatic rings. The summed E-state index contributed by atoms with van der Waals surface area (Å²) in [6.07, 6.45) is 3.11. The average molecular weight is 494 g/mol. The lowest BCUT2D eigenvalue weighted by Gasteiger charge is -2.24. The summed E-state index contributed by atoms with van der Waals surface area (Å²) >= 11 is 0. The van der Waals surface area contributed by atoms with Crippen molar-refractivity contribution in [2.45, 2.75) is 44.0 Å². The van der Waals surface area contributed by atoms with Gasteiger partial charge in [0.25, 0.3) is 11.5 Å². The molecule has 0 radical (unpaired) electrons. The van der Waals surface area contributed by atoms with Gasteiger partial charge in [-0.15, -0.1) is 0 Å². The Morgan fingerprint density at radius 2 is 1.82 bits per heavy atom. The number of benzene rings is 1. The number of aromatic nitrogens is 2. The van der Waals surface area contributed by atoms with E-state index in [0.29, 0.717) is 26.1 Å². The molecule has 0 atom stereocenters. The van der Waals surface area contributed by atoms with Gasteiger partial charge < -0.3 is 10.5 Å². The summed E-state index contributed by atoms with van der Waals surface area (Å²) in [7, 11) is -2.17. The molecule has 186 valence electrons. The number of anilines is 2. The Morgan fingerprint density at radius 3 is 2.41 bits per heavy atom. The molecule has 34 heavy (non-hydrogen) atoms. The van der Waals surface area contributed by atoms with Crippen molar-refractivity contribution in [2.24, 2.45) is 0 Å². The highest BCUT2D eigenvalue weighted by Gasteiger charge is 2.29. The molecule has 1 amide bonds. The minimum atomic E-state index is -3.63. The summed E-state index contributed by atoms with van der Waals surface area (Å²) in [4.78, 5) is 41.8. The van der Waals surface area contributed by atoms with Gasteiger partial charge in [-0.05, 0) is 43.5 Å². The number of methoxy groups -OCH3 is 1. The summed E-state index contributed by atoms with van der Waals surface area (Å²) in [5, 5.41) is 0. The molecule has 0 saturated carbocycles. The van der Waals surface area contributed by atoms with Gasteiger partial charge in [-0.2, -0.15) is 4.31 Å². The summed E-state index contributed by atoms with van der Waals surface area (Å²) in [5.74, 6) is -0.681. The molecule has 0 aliphatic carbocycles. The van der Waals surface area contributed by atoms with Gasteiger partial charge in [0, 0.05) is 38.9 Å². The zero-order valence-electron chi connectivity index (χ0n) is 19.5. The second-order valence-electron chi connectivity index (χ2n) is 8.08. The van der Waals surface area contributed by atoms with Gasteiger partial charge in [-0.3, -0.25) is 24.0 Å². The van der Waals surface area contributed by atoms with Crippen LogP contribution >= 0.6 is 0 Å². The lowest BCUT2D eigenvalue weighted by atomic mass is 10.2. The van der Waals surface area contributed by atoms with Crippen molar-refractivity contribution < 1.29 is 17.9 Å². The van der Waals surface area contributed by atoms with E-state index in [2.05, 4.69) is 4.98 Å². The van der Waals surface area contributed by atoms with Crippen LogP contribution < -0.4 is 21.9 Å². The molecule has 1 aromatic heterocycles. The minimum absolute atomic E-state index is 0.00240. The van der Waals surface area contributed by atoms with Crippen molar-refractivity contribution >= 4 is 27.4 Å². The van der Waals surface area contributed by atoms with Crippen LogP contribution in [0.1, 0.15) is 43.0 Å². The number of unbranched alkanes of at least 4 members (excludes halogenated alkanes) is 1. The molecule has 0 spiro atoms. The van der Waals surface area contributed by atoms with Crippen LogP contribution in [0.3, 0.4) is 0 Å². The number of aromatic amines is 1. The number of carbonyl (C=O) groups excluding carboxylic acids is 1. The molecule has 12 heteroatoms. The van der Waals surface area contributed by atoms with Gasteiger partial charge >= 0.3 is 5.69 Å². The first kappa shape index (κ1) is 25.7. The van der Waals surface area contributed by atoms with Crippen LogP contribution in [0.25, 0.3) is 0 Å². The van der Waals surface area contributed by atoms with E-state index in [9.17, 15) is 22.8 Å². The van der Waals surface area contributed by atoms with E-state index in [0.717, 1.165) is 24.2 Å². The second kappa shape index (κ2) is 11.0. The van der Waals surface area contributed by atoms with E-state index in [4.69, 9.17) is 10.5 Å². The van der Waals surface area contributed by atoms with E-state index < -0.39 is 27.2 Å². The molecule has 1 aliphatic heterocycles. The van der Waals surface area contributed by atoms with Crippen molar-refractivity contribution in [3.8, 4) is 0 Å². The Hall–Kier alpha value is -2.96. The molecule has 0 bridgehead atoms. The third-order valence-corrected chi connectivity index (χ3v) is 7.70. The number of nitrogens with one attached hydrogen (secondary N) is 1. The maximum Gasteiger partial charge on any atom is 0.330 e. The number of hydrogen-bond acceptors (Lipinski definition) is 7. The lowest BCUT2D eigenvalue weighted by molar-refractivity contribution is 0.0975. The smallest absolute Gasteiger partial charge is 0.330 e. The molecule has 3 rings (SSSR count). The van der Waals surface area contributed by atoms with Gasteiger partial charge in [-0.1, -0.05) is 13.3 Å². The topological polar surface area (TPSA) is 148 Å². The molecule has 1 aromatic carbocycles. The number of rotatable bonds is 10. The standard InChI is InChI=1S/C22H31N5O6S/c1-3-4-13-27-19(23)18(20(28)24-22(27)30)26(14-15-33-2)21(29)16-7-9-17(10-8-16)34(31,32)25-11-5-6-12-25/h7-10H,3-6,11-15,23H2,1-2H3,(H,24,28,30). The zero-order valence-corrected chi connectivity index (χ0v) is 20.3. The molecular weight excluding hydrogens is 462 g/mol. The van der Waals surface area contributed by atoms with Crippen molar-refractivity contribution in [3.05, 3.63) is 50.7 Å². The maximum absolute atomic E-state index is 13.4. The van der Waals surface area contributed by atoms with Crippen LogP contribution in [0.15, 0.2) is 38.8 Å². The van der Waals surface area contributed by atoms with Crippen molar-refractivity contribution in [1.29, 1.82) is 0 Å². The van der Waals surface area contributed by atoms with Gasteiger partial charge in [0.05, 0.1) is 11.5 Å². The Labute approximate surface area is 198 Å². The summed E-state index contributed by atoms with van der Waals surface area (Å²) in [6, 6.07) is 5.57. The number of carbonyl (C=O) groups is 1. The average Bonchev–Trinajstić information content (AvgIpc) is 3.36. The van der Waals surface area contributed by atoms with E-state index >= 15 is 0 Å². The van der Waals surface area contributed by atoms with E-state index in [1.807, 2.05) is 6.92 Å². The highest BCUT2D eigenvalue weighted by molar-refractivity contribution is 7.89. The number of sulfonamides is 1. The van der Waals surface area contributed by atoms with Crippen molar-refractivity contribution in [1.82, 2.24) is 13.9 Å². The number of H-pyrrole nitrogens is 1. The molecule has 3 N–H and O–H groups in total. The fourth-order valence-corrected chi connectivity index (χ4v) is 5.39. The number of hydrogen-bond donors (Lipinski definition) is 2. The van der Waals surface area contributed by atoms with Crippen LogP contribution in [-0.4, -0.2) is 61.5 Å². The van der Waals surface area contributed by atoms with E-state index in [1.54, 1.807) is 0 Å². The lowest BCUT2D eigenvalue weighted by Crippen LogP contribution is -2.42. The minimum Gasteiger partial charge on any atom is -0.383 e. The van der Waals surface area contributed by atoms with Gasteiger partial charge in [-0.25, -0.2) is 13.2 Å². The molecule has 1 fully saturated rings. The molecule has 11 nitrogen and oxygen atoms in total. The first-order valence-electron chi connectivity index (χ1n) is 11.3. The SMILES string of the molecule is CCCCn1c(N)c(N(CCOC)C(=O)c2ccc(S(=O)(=O)N3CCCC3)cc2)c(=O)[nH]c1=O. The number of amides is 1. The predicted molar refractivity (Wildman–Crippen MR) is 129 cm³/mol. The van der Waals surface area contributed by atoms with Crippen LogP contribution in [0, 0.1) is 0 Å². The van der Waals surface area contributed by atoms with Gasteiger partial charge in [0.15, 0.2) is 5.69 Å². The Bertz CT molecular complexity index is 1230. The fraction of sp³-hybridized carbons (Fsp3) is 0.500. The van der Waals surface area contributed by atoms with Crippen LogP contribution in [0.4, 0.5) is 11.5 Å². The van der Waals surface area contributed by atoms with Crippen LogP contribution in [-0.2, 0) is 21.3 Å². The monoisotopic (exact) mass is 493 g/mol. The van der Waals surface area contributed by atoms with Crippen LogP contribution in [0.5, 0.6) is 0 Å². The zero-order chi connectivity index (χ0) is 24.9. The normalized spacial score (nSPS) is 14.4. The second-order valence-corrected chi connectivity index (χ2v) is 10.0. The number of nitrogens with two attached hydrogens (primary N) is 1. The molecule has 1 saturated heterocycles. The van der Waals surface area contributed by atoms with Gasteiger partial charge in [0.1, 0.15) is 5.82 Å². The summed E-state index contributed by atoms with van der Waals surface area (Å²) < 4.78 is 33.3. The van der Waals surface area contributed by atoms with E-state index in [-0.39, 0.29) is 35.1 Å². The molecular formula is C22H31N5O6S. The first-order valence-corrected chi connectivity index (χ1v) is 12.7. The first-order chi connectivity index (χ1) is 16.2. The Morgan fingerprint density at radius 1 is 1.18 bits per heavy atom.